The van der Waals surface area contributed by atoms with Gasteiger partial charge in [0.1, 0.15) is 5.75 Å². The zero-order valence-corrected chi connectivity index (χ0v) is 17.1. The molecule has 0 saturated carbocycles. The summed E-state index contributed by atoms with van der Waals surface area (Å²) < 4.78 is 5.29. The number of nitrogens with one attached hydrogen (secondary N) is 2. The van der Waals surface area contributed by atoms with Crippen LogP contribution in [0.5, 0.6) is 5.75 Å². The van der Waals surface area contributed by atoms with Crippen LogP contribution in [-0.2, 0) is 9.59 Å². The first kappa shape index (κ1) is 20.6. The van der Waals surface area contributed by atoms with E-state index < -0.39 is 0 Å². The monoisotopic (exact) mass is 387 g/mol. The molecule has 1 aromatic carbocycles. The van der Waals surface area contributed by atoms with Crippen LogP contribution in [0.3, 0.4) is 0 Å². The second-order valence-corrected chi connectivity index (χ2v) is 8.12. The fraction of sp³-hybridized carbons (Fsp3) is 0.636. The number of benzene rings is 1. The van der Waals surface area contributed by atoms with Gasteiger partial charge < -0.3 is 20.3 Å². The molecule has 3 rings (SSSR count). The summed E-state index contributed by atoms with van der Waals surface area (Å²) in [7, 11) is 1.66. The number of nitrogens with zero attached hydrogens (tertiary/aromatic N) is 1. The minimum Gasteiger partial charge on any atom is -0.497 e. The van der Waals surface area contributed by atoms with Gasteiger partial charge in [-0.25, -0.2) is 0 Å². The third-order valence-electron chi connectivity index (χ3n) is 5.96. The van der Waals surface area contributed by atoms with E-state index in [-0.39, 0.29) is 23.8 Å². The van der Waals surface area contributed by atoms with Crippen molar-refractivity contribution >= 4 is 11.8 Å². The van der Waals surface area contributed by atoms with Gasteiger partial charge in [-0.2, -0.15) is 0 Å². The number of amides is 2. The molecule has 3 atom stereocenters. The zero-order chi connectivity index (χ0) is 19.9. The lowest BCUT2D eigenvalue weighted by Crippen LogP contribution is -2.46. The molecule has 0 bridgehead atoms. The Hall–Kier alpha value is -2.08. The van der Waals surface area contributed by atoms with E-state index >= 15 is 0 Å². The Balaban J connectivity index is 1.47. The summed E-state index contributed by atoms with van der Waals surface area (Å²) in [6.45, 7) is 5.23. The van der Waals surface area contributed by atoms with E-state index in [4.69, 9.17) is 4.74 Å². The minimum atomic E-state index is -0.0370. The molecule has 0 aromatic heterocycles. The van der Waals surface area contributed by atoms with E-state index in [9.17, 15) is 9.59 Å². The van der Waals surface area contributed by atoms with Gasteiger partial charge in [0.15, 0.2) is 0 Å². The second kappa shape index (κ2) is 9.92. The standard InChI is InChI=1S/C22H33N3O3/c1-16(18-7-3-8-19(13-18)28-2)12-21(26)25-11-5-6-17(15-25)14-24-22(27)20-9-4-10-23-20/h3,7-8,13,16-17,20,23H,4-6,9-12,14-15H2,1-2H3,(H,24,27). The zero-order valence-electron chi connectivity index (χ0n) is 17.1. The Morgan fingerprint density at radius 3 is 2.93 bits per heavy atom. The van der Waals surface area contributed by atoms with Crippen LogP contribution in [0.25, 0.3) is 0 Å². The molecule has 2 saturated heterocycles. The lowest BCUT2D eigenvalue weighted by atomic mass is 9.94. The van der Waals surface area contributed by atoms with Gasteiger partial charge in [0.2, 0.25) is 11.8 Å². The van der Waals surface area contributed by atoms with E-state index in [2.05, 4.69) is 17.6 Å². The van der Waals surface area contributed by atoms with Crippen molar-refractivity contribution in [3.05, 3.63) is 29.8 Å². The first-order chi connectivity index (χ1) is 13.6. The normalized spacial score (nSPS) is 23.3. The Labute approximate surface area is 168 Å². The van der Waals surface area contributed by atoms with Crippen molar-refractivity contribution in [3.8, 4) is 5.75 Å². The van der Waals surface area contributed by atoms with Crippen molar-refractivity contribution in [2.45, 2.75) is 51.0 Å². The number of ether oxygens (including phenoxy) is 1. The van der Waals surface area contributed by atoms with Gasteiger partial charge in [0.05, 0.1) is 13.2 Å². The second-order valence-electron chi connectivity index (χ2n) is 8.12. The molecule has 2 aliphatic rings. The number of piperidine rings is 1. The van der Waals surface area contributed by atoms with Gasteiger partial charge in [-0.15, -0.1) is 0 Å². The highest BCUT2D eigenvalue weighted by Crippen LogP contribution is 2.25. The molecular formula is C22H33N3O3. The summed E-state index contributed by atoms with van der Waals surface area (Å²) in [5.74, 6) is 1.62. The van der Waals surface area contributed by atoms with E-state index in [1.54, 1.807) is 7.11 Å². The maximum atomic E-state index is 12.8. The molecule has 28 heavy (non-hydrogen) atoms. The number of likely N-dealkylation sites (tertiary alicyclic amines) is 1. The molecular weight excluding hydrogens is 354 g/mol. The fourth-order valence-electron chi connectivity index (χ4n) is 4.19. The van der Waals surface area contributed by atoms with Crippen molar-refractivity contribution in [2.24, 2.45) is 5.92 Å². The molecule has 0 radical (unpaired) electrons. The van der Waals surface area contributed by atoms with Crippen LogP contribution in [0.15, 0.2) is 24.3 Å². The number of rotatable bonds is 7. The molecule has 6 heteroatoms. The quantitative estimate of drug-likeness (QED) is 0.753. The van der Waals surface area contributed by atoms with Crippen LogP contribution in [0.1, 0.15) is 50.5 Å². The van der Waals surface area contributed by atoms with Crippen LogP contribution in [0.2, 0.25) is 0 Å². The molecule has 154 valence electrons. The van der Waals surface area contributed by atoms with Crippen molar-refractivity contribution in [2.75, 3.05) is 33.3 Å². The van der Waals surface area contributed by atoms with Crippen molar-refractivity contribution in [3.63, 3.8) is 0 Å². The molecule has 0 spiro atoms. The van der Waals surface area contributed by atoms with E-state index in [0.717, 1.165) is 56.6 Å². The van der Waals surface area contributed by atoms with Gasteiger partial charge in [-0.3, -0.25) is 9.59 Å². The highest BCUT2D eigenvalue weighted by atomic mass is 16.5. The predicted octanol–water partition coefficient (Wildman–Crippen LogP) is 2.30. The highest BCUT2D eigenvalue weighted by Gasteiger charge is 2.27. The van der Waals surface area contributed by atoms with Gasteiger partial charge >= 0.3 is 0 Å². The Morgan fingerprint density at radius 2 is 2.18 bits per heavy atom. The molecule has 2 amide bonds. The molecule has 1 aromatic rings. The summed E-state index contributed by atoms with van der Waals surface area (Å²) in [4.78, 5) is 27.0. The third kappa shape index (κ3) is 5.47. The number of hydrogen-bond acceptors (Lipinski definition) is 4. The summed E-state index contributed by atoms with van der Waals surface area (Å²) in [6, 6.07) is 7.90. The average Bonchev–Trinajstić information content (AvgIpc) is 3.27. The lowest BCUT2D eigenvalue weighted by molar-refractivity contribution is -0.133. The van der Waals surface area contributed by atoms with Crippen LogP contribution in [0.4, 0.5) is 0 Å². The minimum absolute atomic E-state index is 0.0370. The number of methoxy groups -OCH3 is 1. The van der Waals surface area contributed by atoms with Crippen LogP contribution >= 0.6 is 0 Å². The van der Waals surface area contributed by atoms with Gasteiger partial charge in [0, 0.05) is 26.1 Å². The average molecular weight is 388 g/mol. The SMILES string of the molecule is COc1cccc(C(C)CC(=O)N2CCCC(CNC(=O)C3CCCN3)C2)c1. The Morgan fingerprint density at radius 1 is 1.32 bits per heavy atom. The van der Waals surface area contributed by atoms with E-state index in [0.29, 0.717) is 18.9 Å². The maximum Gasteiger partial charge on any atom is 0.237 e. The third-order valence-corrected chi connectivity index (χ3v) is 5.96. The lowest BCUT2D eigenvalue weighted by Gasteiger charge is -2.33. The topological polar surface area (TPSA) is 70.7 Å². The molecule has 2 N–H and O–H groups in total. The highest BCUT2D eigenvalue weighted by molar-refractivity contribution is 5.82. The van der Waals surface area contributed by atoms with Gasteiger partial charge in [0.25, 0.3) is 0 Å². The molecule has 2 fully saturated rings. The van der Waals surface area contributed by atoms with Crippen LogP contribution < -0.4 is 15.4 Å². The van der Waals surface area contributed by atoms with E-state index in [1.165, 1.54) is 0 Å². The first-order valence-corrected chi connectivity index (χ1v) is 10.5. The molecule has 0 aliphatic carbocycles. The molecule has 3 unspecified atom stereocenters. The fourth-order valence-corrected chi connectivity index (χ4v) is 4.19. The van der Waals surface area contributed by atoms with Gasteiger partial charge in [-0.05, 0) is 61.8 Å². The van der Waals surface area contributed by atoms with E-state index in [1.807, 2.05) is 29.2 Å². The molecule has 2 aliphatic heterocycles. The van der Waals surface area contributed by atoms with Crippen molar-refractivity contribution < 1.29 is 14.3 Å². The van der Waals surface area contributed by atoms with Crippen molar-refractivity contribution in [1.82, 2.24) is 15.5 Å². The molecule has 6 nitrogen and oxygen atoms in total. The summed E-state index contributed by atoms with van der Waals surface area (Å²) in [5.41, 5.74) is 1.12. The van der Waals surface area contributed by atoms with Crippen LogP contribution in [0, 0.1) is 5.92 Å². The number of carbonyl (C=O) groups excluding carboxylic acids is 2. The largest absolute Gasteiger partial charge is 0.497 e. The smallest absolute Gasteiger partial charge is 0.237 e. The number of carbonyl (C=O) groups is 2. The number of hydrogen-bond donors (Lipinski definition) is 2. The maximum absolute atomic E-state index is 12.8. The summed E-state index contributed by atoms with van der Waals surface area (Å²) in [5, 5.41) is 6.31. The predicted molar refractivity (Wildman–Crippen MR) is 109 cm³/mol. The Kier molecular flexibility index (Phi) is 7.31. The van der Waals surface area contributed by atoms with Crippen LogP contribution in [-0.4, -0.2) is 56.0 Å². The summed E-state index contributed by atoms with van der Waals surface area (Å²) in [6.07, 6.45) is 4.55. The van der Waals surface area contributed by atoms with Gasteiger partial charge in [-0.1, -0.05) is 19.1 Å². The Bertz CT molecular complexity index is 673. The first-order valence-electron chi connectivity index (χ1n) is 10.5. The molecule has 2 heterocycles. The van der Waals surface area contributed by atoms with Crippen molar-refractivity contribution in [1.29, 1.82) is 0 Å². The summed E-state index contributed by atoms with van der Waals surface area (Å²) >= 11 is 0.